The van der Waals surface area contributed by atoms with Crippen LogP contribution in [0.4, 0.5) is 18.9 Å². The largest absolute Gasteiger partial charge is 0.473 e. The summed E-state index contributed by atoms with van der Waals surface area (Å²) >= 11 is 0. The molecule has 154 valence electrons. The Morgan fingerprint density at radius 3 is 2.47 bits per heavy atom. The molecule has 2 aliphatic heterocycles. The third-order valence-electron chi connectivity index (χ3n) is 4.92. The first-order valence-corrected chi connectivity index (χ1v) is 8.82. The van der Waals surface area contributed by atoms with Crippen LogP contribution < -0.4 is 15.2 Å². The fraction of sp³-hybridized carbons (Fsp3) is 0.250. The van der Waals surface area contributed by atoms with Crippen LogP contribution in [0.3, 0.4) is 0 Å². The highest BCUT2D eigenvalue weighted by Gasteiger charge is 2.51. The molecule has 0 spiro atoms. The van der Waals surface area contributed by atoms with Gasteiger partial charge >= 0.3 is 12.1 Å². The first-order valence-electron chi connectivity index (χ1n) is 8.82. The van der Waals surface area contributed by atoms with Crippen LogP contribution in [0, 0.1) is 11.3 Å². The molecule has 1 unspecified atom stereocenters. The average Bonchev–Trinajstić information content (AvgIpc) is 3.10. The molecule has 2 aromatic carbocycles. The lowest BCUT2D eigenvalue weighted by molar-refractivity contribution is -0.189. The van der Waals surface area contributed by atoms with Crippen LogP contribution in [-0.4, -0.2) is 35.1 Å². The van der Waals surface area contributed by atoms with Crippen LogP contribution in [0.15, 0.2) is 41.5 Å². The zero-order valence-electron chi connectivity index (χ0n) is 15.7. The molecule has 2 heterocycles. The Morgan fingerprint density at radius 2 is 1.87 bits per heavy atom. The predicted octanol–water partition coefficient (Wildman–Crippen LogP) is 2.98. The number of hydrogen-bond acceptors (Lipinski definition) is 6. The van der Waals surface area contributed by atoms with Gasteiger partial charge in [0.2, 0.25) is 6.79 Å². The van der Waals surface area contributed by atoms with Crippen molar-refractivity contribution in [2.75, 3.05) is 12.5 Å². The zero-order chi connectivity index (χ0) is 21.7. The maximum atomic E-state index is 13.3. The van der Waals surface area contributed by atoms with Gasteiger partial charge in [-0.25, -0.2) is 5.01 Å². The number of nitrogen functional groups attached to an aromatic ring is 1. The quantitative estimate of drug-likeness (QED) is 0.721. The monoisotopic (exact) mass is 416 g/mol. The van der Waals surface area contributed by atoms with E-state index in [-0.39, 0.29) is 23.9 Å². The van der Waals surface area contributed by atoms with E-state index >= 15 is 0 Å². The molecule has 2 aliphatic rings. The lowest BCUT2D eigenvalue weighted by Crippen LogP contribution is -2.51. The van der Waals surface area contributed by atoms with E-state index in [2.05, 4.69) is 5.10 Å². The molecule has 0 aliphatic carbocycles. The number of hydrazone groups is 1. The summed E-state index contributed by atoms with van der Waals surface area (Å²) in [6.07, 6.45) is -5.41. The molecule has 2 N–H and O–H groups in total. The van der Waals surface area contributed by atoms with E-state index in [0.29, 0.717) is 33.9 Å². The molecule has 4 rings (SSSR count). The minimum absolute atomic E-state index is 0.000770. The molecule has 7 nitrogen and oxygen atoms in total. The van der Waals surface area contributed by atoms with Gasteiger partial charge in [-0.2, -0.15) is 23.5 Å². The number of benzene rings is 2. The smallest absolute Gasteiger partial charge is 0.454 e. The number of alkyl halides is 3. The van der Waals surface area contributed by atoms with Crippen LogP contribution in [0.5, 0.6) is 11.5 Å². The minimum atomic E-state index is -5.21. The van der Waals surface area contributed by atoms with Crippen LogP contribution in [-0.2, 0) is 11.2 Å². The molecule has 0 bridgehead atoms. The number of anilines is 1. The molecule has 0 radical (unpaired) electrons. The number of halogens is 3. The third-order valence-corrected chi connectivity index (χ3v) is 4.92. The number of fused-ring (bicyclic) bond motifs is 2. The van der Waals surface area contributed by atoms with Crippen molar-refractivity contribution in [1.29, 1.82) is 5.26 Å². The number of carbonyl (C=O) groups excluding carboxylic acids is 1. The second kappa shape index (κ2) is 6.66. The number of amides is 1. The van der Waals surface area contributed by atoms with E-state index in [1.54, 1.807) is 36.4 Å². The van der Waals surface area contributed by atoms with Crippen molar-refractivity contribution < 1.29 is 27.4 Å². The lowest BCUT2D eigenvalue weighted by atomic mass is 9.88. The molecule has 10 heteroatoms. The van der Waals surface area contributed by atoms with Gasteiger partial charge in [-0.1, -0.05) is 12.1 Å². The van der Waals surface area contributed by atoms with E-state index < -0.39 is 17.6 Å². The summed E-state index contributed by atoms with van der Waals surface area (Å²) in [6, 6.07) is 11.3. The second-order valence-electron chi connectivity index (χ2n) is 7.11. The summed E-state index contributed by atoms with van der Waals surface area (Å²) in [5.74, 6) is -1.43. The minimum Gasteiger partial charge on any atom is -0.454 e. The second-order valence-corrected chi connectivity index (χ2v) is 7.11. The molecule has 2 aromatic rings. The summed E-state index contributed by atoms with van der Waals surface area (Å²) in [5, 5.41) is 14.0. The Hall–Kier alpha value is -3.74. The Morgan fingerprint density at radius 1 is 1.23 bits per heavy atom. The fourth-order valence-corrected chi connectivity index (χ4v) is 3.39. The Balaban J connectivity index is 1.99. The van der Waals surface area contributed by atoms with Crippen molar-refractivity contribution in [2.45, 2.75) is 25.1 Å². The topological polar surface area (TPSA) is 101 Å². The standard InChI is InChI=1S/C20H15F3N4O3/c1-19(9-24)8-12-6-15-16(30-10-29-15)7-14(12)17(11-2-4-13(25)5-3-11)26-27(19)18(28)20(21,22)23/h2-7H,8,10,25H2,1H3. The zero-order valence-corrected chi connectivity index (χ0v) is 15.7. The van der Waals surface area contributed by atoms with Gasteiger partial charge in [0.05, 0.1) is 11.8 Å². The summed E-state index contributed by atoms with van der Waals surface area (Å²) in [6.45, 7) is 1.24. The Kier molecular flexibility index (Phi) is 4.34. The van der Waals surface area contributed by atoms with Crippen molar-refractivity contribution in [1.82, 2.24) is 5.01 Å². The summed E-state index contributed by atoms with van der Waals surface area (Å²) in [5.41, 5.74) is 5.72. The van der Waals surface area contributed by atoms with Gasteiger partial charge in [-0.05, 0) is 36.8 Å². The molecule has 0 saturated heterocycles. The van der Waals surface area contributed by atoms with Crippen molar-refractivity contribution in [3.8, 4) is 17.6 Å². The normalized spacial score (nSPS) is 20.1. The van der Waals surface area contributed by atoms with E-state index in [1.807, 2.05) is 6.07 Å². The first-order chi connectivity index (χ1) is 14.1. The molecular formula is C20H15F3N4O3. The van der Waals surface area contributed by atoms with Crippen LogP contribution in [0.1, 0.15) is 23.6 Å². The van der Waals surface area contributed by atoms with Gasteiger partial charge in [0.15, 0.2) is 17.0 Å². The Labute approximate surface area is 169 Å². The fourth-order valence-electron chi connectivity index (χ4n) is 3.39. The van der Waals surface area contributed by atoms with E-state index in [9.17, 15) is 23.2 Å². The highest BCUT2D eigenvalue weighted by molar-refractivity contribution is 6.15. The van der Waals surface area contributed by atoms with Gasteiger partial charge in [-0.15, -0.1) is 0 Å². The highest BCUT2D eigenvalue weighted by Crippen LogP contribution is 2.40. The van der Waals surface area contributed by atoms with Crippen LogP contribution in [0.25, 0.3) is 0 Å². The molecular weight excluding hydrogens is 401 g/mol. The number of carbonyl (C=O) groups is 1. The average molecular weight is 416 g/mol. The molecule has 1 atom stereocenters. The number of nitrogens with zero attached hydrogens (tertiary/aromatic N) is 3. The van der Waals surface area contributed by atoms with Gasteiger partial charge in [0.1, 0.15) is 0 Å². The van der Waals surface area contributed by atoms with Gasteiger partial charge in [0, 0.05) is 23.2 Å². The maximum Gasteiger partial charge on any atom is 0.473 e. The maximum absolute atomic E-state index is 13.3. The number of nitriles is 1. The van der Waals surface area contributed by atoms with Crippen molar-refractivity contribution in [3.05, 3.63) is 53.1 Å². The number of hydrogen-bond donors (Lipinski definition) is 1. The molecule has 1 amide bonds. The number of ether oxygens (including phenoxy) is 2. The predicted molar refractivity (Wildman–Crippen MR) is 99.7 cm³/mol. The summed E-state index contributed by atoms with van der Waals surface area (Å²) < 4.78 is 50.7. The molecule has 0 aromatic heterocycles. The van der Waals surface area contributed by atoms with Gasteiger partial charge in [0.25, 0.3) is 0 Å². The van der Waals surface area contributed by atoms with Crippen LogP contribution >= 0.6 is 0 Å². The van der Waals surface area contributed by atoms with Gasteiger partial charge in [-0.3, -0.25) is 4.79 Å². The van der Waals surface area contributed by atoms with E-state index in [0.717, 1.165) is 0 Å². The van der Waals surface area contributed by atoms with Crippen molar-refractivity contribution in [3.63, 3.8) is 0 Å². The van der Waals surface area contributed by atoms with E-state index in [1.165, 1.54) is 6.92 Å². The highest BCUT2D eigenvalue weighted by atomic mass is 19.4. The third kappa shape index (κ3) is 3.18. The lowest BCUT2D eigenvalue weighted by Gasteiger charge is -2.31. The summed E-state index contributed by atoms with van der Waals surface area (Å²) in [7, 11) is 0. The van der Waals surface area contributed by atoms with Crippen LogP contribution in [0.2, 0.25) is 0 Å². The van der Waals surface area contributed by atoms with Crippen molar-refractivity contribution in [2.24, 2.45) is 5.10 Å². The molecule has 0 fully saturated rings. The number of nitrogens with two attached hydrogens (primary N) is 1. The SMILES string of the molecule is CC1(C#N)Cc2cc3c(cc2C(c2ccc(N)cc2)=NN1C(=O)C(F)(F)F)OCO3. The first kappa shape index (κ1) is 19.6. The van der Waals surface area contributed by atoms with E-state index in [4.69, 9.17) is 15.2 Å². The van der Waals surface area contributed by atoms with Crippen molar-refractivity contribution >= 4 is 17.3 Å². The number of rotatable bonds is 1. The summed E-state index contributed by atoms with van der Waals surface area (Å²) in [4.78, 5) is 12.2. The Bertz CT molecular complexity index is 1110. The van der Waals surface area contributed by atoms with Gasteiger partial charge < -0.3 is 15.2 Å². The molecule has 30 heavy (non-hydrogen) atoms. The molecule has 0 saturated carbocycles.